The normalized spacial score (nSPS) is 9.75. The van der Waals surface area contributed by atoms with E-state index >= 15 is 0 Å². The first-order valence-electron chi connectivity index (χ1n) is 4.54. The number of benzene rings is 1. The Morgan fingerprint density at radius 1 is 1.12 bits per heavy atom. The molecule has 0 radical (unpaired) electrons. The summed E-state index contributed by atoms with van der Waals surface area (Å²) in [6, 6.07) is 9.33. The Balaban J connectivity index is 2.14. The summed E-state index contributed by atoms with van der Waals surface area (Å²) in [6.45, 7) is 0. The molecule has 1 aromatic heterocycles. The fourth-order valence-corrected chi connectivity index (χ4v) is 1.13. The van der Waals surface area contributed by atoms with Gasteiger partial charge in [0.1, 0.15) is 12.4 Å². The molecule has 0 unspecified atom stereocenters. The van der Waals surface area contributed by atoms with Gasteiger partial charge in [0.25, 0.3) is 0 Å². The van der Waals surface area contributed by atoms with Crippen LogP contribution in [0.4, 0.5) is 17.3 Å². The molecule has 0 bridgehead atoms. The molecule has 0 aliphatic carbocycles. The lowest BCUT2D eigenvalue weighted by Gasteiger charge is -2.02. The molecule has 2 aromatic rings. The van der Waals surface area contributed by atoms with E-state index in [0.29, 0.717) is 5.95 Å². The van der Waals surface area contributed by atoms with Gasteiger partial charge in [0, 0.05) is 5.69 Å². The topological polar surface area (TPSA) is 81.0 Å². The van der Waals surface area contributed by atoms with Crippen LogP contribution in [0.15, 0.2) is 42.7 Å². The van der Waals surface area contributed by atoms with Gasteiger partial charge in [-0.1, -0.05) is 18.2 Å². The highest BCUT2D eigenvalue weighted by atomic mass is 16.6. The van der Waals surface area contributed by atoms with Gasteiger partial charge in [-0.05, 0) is 12.1 Å². The summed E-state index contributed by atoms with van der Waals surface area (Å²) in [5.41, 5.74) is 0.704. The third kappa shape index (κ3) is 2.30. The van der Waals surface area contributed by atoms with Crippen LogP contribution in [-0.4, -0.2) is 14.9 Å². The molecule has 1 aromatic carbocycles. The van der Waals surface area contributed by atoms with Crippen LogP contribution < -0.4 is 5.32 Å². The number of hydrogen-bond acceptors (Lipinski definition) is 5. The number of nitrogens with one attached hydrogen (secondary N) is 1. The van der Waals surface area contributed by atoms with Crippen molar-refractivity contribution in [3.63, 3.8) is 0 Å². The molecule has 6 nitrogen and oxygen atoms in total. The zero-order valence-electron chi connectivity index (χ0n) is 8.20. The predicted molar refractivity (Wildman–Crippen MR) is 58.4 cm³/mol. The van der Waals surface area contributed by atoms with Crippen LogP contribution in [0.25, 0.3) is 0 Å². The lowest BCUT2D eigenvalue weighted by molar-refractivity contribution is -0.385. The minimum Gasteiger partial charge on any atom is -0.324 e. The Kier molecular flexibility index (Phi) is 2.73. The standard InChI is InChI=1S/C10H8N4O2/c15-14(16)9-6-11-10(12-7-9)13-8-4-2-1-3-5-8/h1-7H,(H,11,12,13). The second-order valence-electron chi connectivity index (χ2n) is 3.01. The molecule has 2 rings (SSSR count). The molecule has 1 N–H and O–H groups in total. The summed E-state index contributed by atoms with van der Waals surface area (Å²) < 4.78 is 0. The minimum atomic E-state index is -0.535. The van der Waals surface area contributed by atoms with Crippen molar-refractivity contribution in [1.82, 2.24) is 9.97 Å². The molecule has 0 atom stereocenters. The quantitative estimate of drug-likeness (QED) is 0.627. The van der Waals surface area contributed by atoms with Crippen molar-refractivity contribution in [2.24, 2.45) is 0 Å². The van der Waals surface area contributed by atoms with E-state index in [1.165, 1.54) is 0 Å². The highest BCUT2D eigenvalue weighted by Gasteiger charge is 2.06. The average Bonchev–Trinajstić information content (AvgIpc) is 2.31. The van der Waals surface area contributed by atoms with Gasteiger partial charge in [-0.25, -0.2) is 9.97 Å². The van der Waals surface area contributed by atoms with Crippen LogP contribution in [0.5, 0.6) is 0 Å². The second-order valence-corrected chi connectivity index (χ2v) is 3.01. The zero-order valence-corrected chi connectivity index (χ0v) is 8.20. The van der Waals surface area contributed by atoms with Crippen molar-refractivity contribution >= 4 is 17.3 Å². The smallest absolute Gasteiger partial charge is 0.305 e. The SMILES string of the molecule is O=[N+]([O-])c1cnc(Nc2ccccc2)nc1. The van der Waals surface area contributed by atoms with E-state index in [9.17, 15) is 10.1 Å². The van der Waals surface area contributed by atoms with E-state index in [1.54, 1.807) is 0 Å². The number of hydrogen-bond donors (Lipinski definition) is 1. The van der Waals surface area contributed by atoms with Crippen molar-refractivity contribution in [2.45, 2.75) is 0 Å². The van der Waals surface area contributed by atoms with Crippen LogP contribution in [-0.2, 0) is 0 Å². The van der Waals surface area contributed by atoms with Crippen LogP contribution >= 0.6 is 0 Å². The minimum absolute atomic E-state index is 0.126. The summed E-state index contributed by atoms with van der Waals surface area (Å²) >= 11 is 0. The summed E-state index contributed by atoms with van der Waals surface area (Å²) in [5, 5.41) is 13.3. The van der Waals surface area contributed by atoms with Crippen molar-refractivity contribution in [3.8, 4) is 0 Å². The molecule has 80 valence electrons. The molecule has 0 fully saturated rings. The average molecular weight is 216 g/mol. The Bertz CT molecular complexity index is 484. The lowest BCUT2D eigenvalue weighted by atomic mass is 10.3. The molecular weight excluding hydrogens is 208 g/mol. The van der Waals surface area contributed by atoms with Crippen LogP contribution in [0.3, 0.4) is 0 Å². The summed E-state index contributed by atoms with van der Waals surface area (Å²) in [7, 11) is 0. The van der Waals surface area contributed by atoms with E-state index < -0.39 is 4.92 Å². The van der Waals surface area contributed by atoms with Gasteiger partial charge in [-0.2, -0.15) is 0 Å². The van der Waals surface area contributed by atoms with Crippen molar-refractivity contribution in [1.29, 1.82) is 0 Å². The highest BCUT2D eigenvalue weighted by Crippen LogP contribution is 2.13. The molecular formula is C10H8N4O2. The first-order chi connectivity index (χ1) is 7.75. The molecule has 0 aliphatic heterocycles. The van der Waals surface area contributed by atoms with Crippen LogP contribution in [0, 0.1) is 10.1 Å². The molecule has 0 aliphatic rings. The maximum absolute atomic E-state index is 10.4. The number of nitrogens with zero attached hydrogens (tertiary/aromatic N) is 3. The zero-order chi connectivity index (χ0) is 11.4. The fraction of sp³-hybridized carbons (Fsp3) is 0. The van der Waals surface area contributed by atoms with Gasteiger partial charge in [-0.15, -0.1) is 0 Å². The molecule has 0 saturated carbocycles. The summed E-state index contributed by atoms with van der Waals surface area (Å²) in [4.78, 5) is 17.5. The van der Waals surface area contributed by atoms with Gasteiger partial charge >= 0.3 is 5.69 Å². The van der Waals surface area contributed by atoms with Crippen molar-refractivity contribution < 1.29 is 4.92 Å². The van der Waals surface area contributed by atoms with Crippen molar-refractivity contribution in [3.05, 3.63) is 52.8 Å². The first kappa shape index (κ1) is 10.0. The van der Waals surface area contributed by atoms with Crippen LogP contribution in [0.1, 0.15) is 0 Å². The van der Waals surface area contributed by atoms with Gasteiger partial charge < -0.3 is 5.32 Å². The molecule has 16 heavy (non-hydrogen) atoms. The summed E-state index contributed by atoms with van der Waals surface area (Å²) in [5.74, 6) is 0.330. The molecule has 0 spiro atoms. The number of para-hydroxylation sites is 1. The van der Waals surface area contributed by atoms with Crippen LogP contribution in [0.2, 0.25) is 0 Å². The number of aromatic nitrogens is 2. The second kappa shape index (κ2) is 4.35. The molecule has 6 heteroatoms. The van der Waals surface area contributed by atoms with E-state index in [4.69, 9.17) is 0 Å². The first-order valence-corrected chi connectivity index (χ1v) is 4.54. The van der Waals surface area contributed by atoms with Gasteiger partial charge in [0.2, 0.25) is 5.95 Å². The third-order valence-corrected chi connectivity index (χ3v) is 1.88. The fourth-order valence-electron chi connectivity index (χ4n) is 1.13. The number of anilines is 2. The number of nitro groups is 1. The largest absolute Gasteiger partial charge is 0.324 e. The predicted octanol–water partition coefficient (Wildman–Crippen LogP) is 2.13. The Morgan fingerprint density at radius 3 is 2.31 bits per heavy atom. The maximum Gasteiger partial charge on any atom is 0.305 e. The Labute approximate surface area is 91.1 Å². The Hall–Kier alpha value is -2.50. The van der Waals surface area contributed by atoms with E-state index in [1.807, 2.05) is 30.3 Å². The van der Waals surface area contributed by atoms with E-state index in [2.05, 4.69) is 15.3 Å². The maximum atomic E-state index is 10.4. The number of rotatable bonds is 3. The molecule has 0 amide bonds. The van der Waals surface area contributed by atoms with Crippen molar-refractivity contribution in [2.75, 3.05) is 5.32 Å². The van der Waals surface area contributed by atoms with Gasteiger partial charge in [0.05, 0.1) is 4.92 Å². The summed E-state index contributed by atoms with van der Waals surface area (Å²) in [6.07, 6.45) is 2.33. The molecule has 0 saturated heterocycles. The Morgan fingerprint density at radius 2 is 1.75 bits per heavy atom. The molecule has 1 heterocycles. The van der Waals surface area contributed by atoms with E-state index in [0.717, 1.165) is 18.1 Å². The van der Waals surface area contributed by atoms with E-state index in [-0.39, 0.29) is 5.69 Å². The van der Waals surface area contributed by atoms with Gasteiger partial charge in [-0.3, -0.25) is 10.1 Å². The van der Waals surface area contributed by atoms with Gasteiger partial charge in [0.15, 0.2) is 0 Å². The lowest BCUT2D eigenvalue weighted by Crippen LogP contribution is -1.97. The third-order valence-electron chi connectivity index (χ3n) is 1.88. The monoisotopic (exact) mass is 216 g/mol. The highest BCUT2D eigenvalue weighted by molar-refractivity contribution is 5.52.